The van der Waals surface area contributed by atoms with Crippen molar-refractivity contribution in [3.8, 4) is 27.9 Å². The minimum atomic E-state index is -0.898. The molecule has 0 saturated carbocycles. The Bertz CT molecular complexity index is 1090. The monoisotopic (exact) mass is 474 g/mol. The van der Waals surface area contributed by atoms with Crippen LogP contribution < -0.4 is 10.1 Å². The molecule has 0 aliphatic rings. The molecule has 0 bridgehead atoms. The largest absolute Gasteiger partial charge is 0.490 e. The molecule has 1 amide bonds. The summed E-state index contributed by atoms with van der Waals surface area (Å²) in [5.41, 5.74) is 3.74. The number of benzene rings is 1. The first-order valence-electron chi connectivity index (χ1n) is 10.6. The van der Waals surface area contributed by atoms with Crippen LogP contribution in [0.2, 0.25) is 0 Å². The lowest BCUT2D eigenvalue weighted by molar-refractivity contribution is -0.124. The van der Waals surface area contributed by atoms with Gasteiger partial charge in [0, 0.05) is 23.5 Å². The lowest BCUT2D eigenvalue weighted by atomic mass is 10.1. The number of aryl methyl sites for hydroxylation is 3. The molecule has 0 fully saturated rings. The number of hydrogen-bond donors (Lipinski definition) is 3. The summed E-state index contributed by atoms with van der Waals surface area (Å²) in [6, 6.07) is 5.89. The van der Waals surface area contributed by atoms with E-state index in [1.54, 1.807) is 11.3 Å². The molecule has 178 valence electrons. The van der Waals surface area contributed by atoms with Crippen LogP contribution in [0.15, 0.2) is 22.7 Å². The highest BCUT2D eigenvalue weighted by molar-refractivity contribution is 7.15. The van der Waals surface area contributed by atoms with Crippen molar-refractivity contribution in [2.75, 3.05) is 33.9 Å². The molecule has 33 heavy (non-hydrogen) atoms. The molecule has 0 radical (unpaired) electrons. The molecule has 0 aliphatic carbocycles. The van der Waals surface area contributed by atoms with E-state index in [1.807, 2.05) is 40.1 Å². The van der Waals surface area contributed by atoms with Gasteiger partial charge < -0.3 is 29.7 Å². The zero-order valence-corrected chi connectivity index (χ0v) is 20.3. The van der Waals surface area contributed by atoms with Crippen LogP contribution in [0.25, 0.3) is 22.2 Å². The van der Waals surface area contributed by atoms with E-state index in [-0.39, 0.29) is 13.2 Å². The molecule has 2 aromatic heterocycles. The Morgan fingerprint density at radius 2 is 1.91 bits per heavy atom. The summed E-state index contributed by atoms with van der Waals surface area (Å²) in [4.78, 5) is 20.0. The number of carbonyl (C=O) groups excluding carboxylic acids is 1. The first kappa shape index (κ1) is 24.8. The third-order valence-electron chi connectivity index (χ3n) is 4.93. The van der Waals surface area contributed by atoms with Crippen LogP contribution in [0.5, 0.6) is 5.75 Å². The average Bonchev–Trinajstić information content (AvgIpc) is 3.38. The molecule has 2 heterocycles. The van der Waals surface area contributed by atoms with Gasteiger partial charge in [-0.25, -0.2) is 0 Å². The van der Waals surface area contributed by atoms with E-state index in [9.17, 15) is 9.90 Å². The zero-order valence-electron chi connectivity index (χ0n) is 19.5. The second-order valence-electron chi connectivity index (χ2n) is 8.24. The van der Waals surface area contributed by atoms with Crippen LogP contribution in [-0.4, -0.2) is 71.1 Å². The molecule has 3 N–H and O–H groups in total. The number of ether oxygens (including phenoxy) is 1. The van der Waals surface area contributed by atoms with Gasteiger partial charge in [-0.05, 0) is 69.8 Å². The van der Waals surface area contributed by atoms with E-state index in [1.165, 1.54) is 10.4 Å². The Hall–Kier alpha value is -2.79. The Morgan fingerprint density at radius 3 is 2.55 bits per heavy atom. The van der Waals surface area contributed by atoms with Gasteiger partial charge in [-0.1, -0.05) is 5.16 Å². The number of nitrogens with zero attached hydrogens (tertiary/aromatic N) is 3. The van der Waals surface area contributed by atoms with E-state index in [0.717, 1.165) is 28.1 Å². The first-order valence-corrected chi connectivity index (χ1v) is 11.4. The van der Waals surface area contributed by atoms with E-state index in [0.29, 0.717) is 17.5 Å². The van der Waals surface area contributed by atoms with Crippen LogP contribution >= 0.6 is 11.3 Å². The van der Waals surface area contributed by atoms with Crippen LogP contribution in [-0.2, 0) is 11.3 Å². The maximum atomic E-state index is 11.1. The van der Waals surface area contributed by atoms with Gasteiger partial charge in [0.2, 0.25) is 11.7 Å². The highest BCUT2D eigenvalue weighted by atomic mass is 32.1. The standard InChI is InChI=1S/C23H30N4O5S/c1-13-8-18(33-19(13)10-27(4)5)23-25-22(26-32-23)16-6-14(2)21(15(3)7-16)31-12-17(29)9-24-20(30)11-28/h6-8,17,28-29H,9-12H2,1-5H3,(H,24,30). The number of aliphatic hydroxyl groups is 2. The van der Waals surface area contributed by atoms with Crippen molar-refractivity contribution in [2.24, 2.45) is 0 Å². The van der Waals surface area contributed by atoms with Crippen molar-refractivity contribution < 1.29 is 24.3 Å². The van der Waals surface area contributed by atoms with Gasteiger partial charge in [0.1, 0.15) is 25.1 Å². The number of thiophene rings is 1. The maximum absolute atomic E-state index is 11.1. The quantitative estimate of drug-likeness (QED) is 0.409. The summed E-state index contributed by atoms with van der Waals surface area (Å²) in [5, 5.41) is 25.3. The lowest BCUT2D eigenvalue weighted by Gasteiger charge is -2.16. The molecular formula is C23H30N4O5S. The van der Waals surface area contributed by atoms with Gasteiger partial charge >= 0.3 is 0 Å². The van der Waals surface area contributed by atoms with Crippen LogP contribution in [0, 0.1) is 20.8 Å². The maximum Gasteiger partial charge on any atom is 0.268 e. The third kappa shape index (κ3) is 6.38. The lowest BCUT2D eigenvalue weighted by Crippen LogP contribution is -2.36. The fourth-order valence-corrected chi connectivity index (χ4v) is 4.56. The first-order chi connectivity index (χ1) is 15.7. The van der Waals surface area contributed by atoms with Gasteiger partial charge in [0.05, 0.1) is 4.88 Å². The predicted molar refractivity (Wildman–Crippen MR) is 126 cm³/mol. The Labute approximate surface area is 197 Å². The molecule has 9 nitrogen and oxygen atoms in total. The molecule has 10 heteroatoms. The number of amides is 1. The number of rotatable bonds is 10. The molecule has 0 saturated heterocycles. The van der Waals surface area contributed by atoms with Gasteiger partial charge in [-0.3, -0.25) is 4.79 Å². The summed E-state index contributed by atoms with van der Waals surface area (Å²) in [6.07, 6.45) is -0.898. The zero-order chi connectivity index (χ0) is 24.1. The van der Waals surface area contributed by atoms with Crippen molar-refractivity contribution in [3.63, 3.8) is 0 Å². The van der Waals surface area contributed by atoms with E-state index < -0.39 is 18.6 Å². The molecule has 3 rings (SSSR count). The van der Waals surface area contributed by atoms with E-state index >= 15 is 0 Å². The molecule has 1 atom stereocenters. The fourth-order valence-electron chi connectivity index (χ4n) is 3.34. The molecule has 3 aromatic rings. The van der Waals surface area contributed by atoms with E-state index in [4.69, 9.17) is 14.4 Å². The Kier molecular flexibility index (Phi) is 8.20. The van der Waals surface area contributed by atoms with Crippen molar-refractivity contribution in [2.45, 2.75) is 33.4 Å². The molecular weight excluding hydrogens is 444 g/mol. The molecule has 1 unspecified atom stereocenters. The van der Waals surface area contributed by atoms with Gasteiger partial charge in [-0.15, -0.1) is 11.3 Å². The Balaban J connectivity index is 1.71. The second kappa shape index (κ2) is 10.9. The van der Waals surface area contributed by atoms with Crippen LogP contribution in [0.1, 0.15) is 21.6 Å². The van der Waals surface area contributed by atoms with Crippen molar-refractivity contribution >= 4 is 17.2 Å². The van der Waals surface area contributed by atoms with Gasteiger partial charge in [0.15, 0.2) is 0 Å². The normalized spacial score (nSPS) is 12.2. The molecule has 0 spiro atoms. The number of aliphatic hydroxyl groups excluding tert-OH is 2. The molecule has 0 aliphatic heterocycles. The Morgan fingerprint density at radius 1 is 1.21 bits per heavy atom. The smallest absolute Gasteiger partial charge is 0.268 e. The fraction of sp³-hybridized carbons (Fsp3) is 0.435. The summed E-state index contributed by atoms with van der Waals surface area (Å²) in [5.74, 6) is 1.09. The minimum Gasteiger partial charge on any atom is -0.490 e. The van der Waals surface area contributed by atoms with Crippen LogP contribution in [0.3, 0.4) is 0 Å². The summed E-state index contributed by atoms with van der Waals surface area (Å²) < 4.78 is 11.3. The van der Waals surface area contributed by atoms with Gasteiger partial charge in [-0.2, -0.15) is 4.98 Å². The number of carbonyl (C=O) groups is 1. The summed E-state index contributed by atoms with van der Waals surface area (Å²) in [7, 11) is 4.08. The summed E-state index contributed by atoms with van der Waals surface area (Å²) in [6.45, 7) is 6.14. The van der Waals surface area contributed by atoms with Crippen LogP contribution in [0.4, 0.5) is 0 Å². The topological polar surface area (TPSA) is 121 Å². The highest BCUT2D eigenvalue weighted by Crippen LogP contribution is 2.33. The minimum absolute atomic E-state index is 0.000337. The average molecular weight is 475 g/mol. The van der Waals surface area contributed by atoms with Gasteiger partial charge in [0.25, 0.3) is 5.89 Å². The SMILES string of the molecule is Cc1cc(-c2nc(-c3cc(C)c(OCC(O)CNC(=O)CO)c(C)c3)no2)sc1CN(C)C. The third-order valence-corrected chi connectivity index (χ3v) is 6.14. The predicted octanol–water partition coefficient (Wildman–Crippen LogP) is 2.30. The van der Waals surface area contributed by atoms with E-state index in [2.05, 4.69) is 33.3 Å². The second-order valence-corrected chi connectivity index (χ2v) is 9.38. The van der Waals surface area contributed by atoms with Crippen molar-refractivity contribution in [1.29, 1.82) is 0 Å². The number of nitrogens with one attached hydrogen (secondary N) is 1. The van der Waals surface area contributed by atoms with Crippen molar-refractivity contribution in [1.82, 2.24) is 20.4 Å². The van der Waals surface area contributed by atoms with Crippen molar-refractivity contribution in [3.05, 3.63) is 39.8 Å². The summed E-state index contributed by atoms with van der Waals surface area (Å²) >= 11 is 1.65. The molecule has 1 aromatic carbocycles. The number of aromatic nitrogens is 2. The highest BCUT2D eigenvalue weighted by Gasteiger charge is 2.17. The number of hydrogen-bond acceptors (Lipinski definition) is 9.